The quantitative estimate of drug-likeness (QED) is 0.549. The molecular formula is C18H34N2. The van der Waals surface area contributed by atoms with Crippen molar-refractivity contribution < 1.29 is 0 Å². The van der Waals surface area contributed by atoms with Gasteiger partial charge in [-0.3, -0.25) is 0 Å². The third-order valence-corrected chi connectivity index (χ3v) is 3.89. The van der Waals surface area contributed by atoms with Gasteiger partial charge in [-0.2, -0.15) is 0 Å². The van der Waals surface area contributed by atoms with Gasteiger partial charge in [-0.25, -0.2) is 0 Å². The van der Waals surface area contributed by atoms with E-state index in [0.29, 0.717) is 12.0 Å². The third kappa shape index (κ3) is 8.61. The number of hydrogen-bond donors (Lipinski definition) is 2. The maximum absolute atomic E-state index is 3.67. The van der Waals surface area contributed by atoms with Crippen LogP contribution in [0.1, 0.15) is 66.2 Å². The van der Waals surface area contributed by atoms with Gasteiger partial charge in [0, 0.05) is 24.4 Å². The van der Waals surface area contributed by atoms with E-state index < -0.39 is 0 Å². The van der Waals surface area contributed by atoms with Gasteiger partial charge in [0.15, 0.2) is 0 Å². The van der Waals surface area contributed by atoms with Crippen LogP contribution in [0.25, 0.3) is 0 Å². The normalized spacial score (nSPS) is 22.9. The molecule has 1 rings (SSSR count). The van der Waals surface area contributed by atoms with Crippen molar-refractivity contribution in [2.75, 3.05) is 13.1 Å². The Morgan fingerprint density at radius 1 is 1.05 bits per heavy atom. The number of unbranched alkanes of at least 4 members (excludes halogenated alkanes) is 1. The van der Waals surface area contributed by atoms with E-state index in [-0.39, 0.29) is 0 Å². The minimum atomic E-state index is 0.512. The molecule has 0 amide bonds. The Hall–Kier alpha value is -0.520. The van der Waals surface area contributed by atoms with Crippen molar-refractivity contribution in [1.82, 2.24) is 10.6 Å². The average Bonchev–Trinajstić information content (AvgIpc) is 2.38. The van der Waals surface area contributed by atoms with E-state index in [1.54, 1.807) is 0 Å². The molecule has 0 aromatic heterocycles. The summed E-state index contributed by atoms with van der Waals surface area (Å²) in [6, 6.07) is 1.39. The molecular weight excluding hydrogens is 244 g/mol. The van der Waals surface area contributed by atoms with Crippen LogP contribution in [0.2, 0.25) is 0 Å². The molecule has 2 heteroatoms. The van der Waals surface area contributed by atoms with Crippen LogP contribution in [0.3, 0.4) is 0 Å². The number of hydrogen-bond acceptors (Lipinski definition) is 2. The molecule has 1 saturated carbocycles. The Morgan fingerprint density at radius 2 is 1.75 bits per heavy atom. The van der Waals surface area contributed by atoms with E-state index >= 15 is 0 Å². The molecule has 0 aromatic carbocycles. The van der Waals surface area contributed by atoms with E-state index in [1.807, 2.05) is 0 Å². The lowest BCUT2D eigenvalue weighted by Crippen LogP contribution is -2.39. The van der Waals surface area contributed by atoms with E-state index in [1.165, 1.54) is 38.6 Å². The lowest BCUT2D eigenvalue weighted by molar-refractivity contribution is 0.274. The molecule has 0 saturated heterocycles. The second-order valence-electron chi connectivity index (χ2n) is 6.82. The topological polar surface area (TPSA) is 24.1 Å². The van der Waals surface area contributed by atoms with Gasteiger partial charge >= 0.3 is 0 Å². The molecule has 0 radical (unpaired) electrons. The van der Waals surface area contributed by atoms with Crippen molar-refractivity contribution >= 4 is 0 Å². The van der Waals surface area contributed by atoms with Crippen molar-refractivity contribution in [2.45, 2.75) is 78.3 Å². The summed E-state index contributed by atoms with van der Waals surface area (Å²) in [7, 11) is 0. The Bertz CT molecular complexity index is 290. The second-order valence-corrected chi connectivity index (χ2v) is 6.82. The molecule has 116 valence electrons. The van der Waals surface area contributed by atoms with Crippen LogP contribution < -0.4 is 10.6 Å². The summed E-state index contributed by atoms with van der Waals surface area (Å²) in [5.74, 6) is 7.87. The molecule has 0 heterocycles. The largest absolute Gasteiger partial charge is 0.316 e. The molecule has 1 aliphatic rings. The van der Waals surface area contributed by atoms with Gasteiger partial charge < -0.3 is 10.6 Å². The Labute approximate surface area is 126 Å². The first kappa shape index (κ1) is 17.5. The molecule has 0 aliphatic heterocycles. The highest BCUT2D eigenvalue weighted by atomic mass is 14.9. The Kier molecular flexibility index (Phi) is 8.98. The van der Waals surface area contributed by atoms with Crippen molar-refractivity contribution in [3.63, 3.8) is 0 Å². The van der Waals surface area contributed by atoms with E-state index in [4.69, 9.17) is 0 Å². The van der Waals surface area contributed by atoms with Gasteiger partial charge in [0.05, 0.1) is 0 Å². The summed E-state index contributed by atoms with van der Waals surface area (Å²) >= 11 is 0. The smallest absolute Gasteiger partial charge is 0.0146 e. The molecule has 1 aliphatic carbocycles. The van der Waals surface area contributed by atoms with Crippen LogP contribution in [0.4, 0.5) is 0 Å². The molecule has 0 spiro atoms. The van der Waals surface area contributed by atoms with Crippen LogP contribution in [0.15, 0.2) is 0 Å². The summed E-state index contributed by atoms with van der Waals surface area (Å²) < 4.78 is 0. The molecule has 0 unspecified atom stereocenters. The van der Waals surface area contributed by atoms with Crippen LogP contribution >= 0.6 is 0 Å². The van der Waals surface area contributed by atoms with Crippen LogP contribution in [0, 0.1) is 23.7 Å². The van der Waals surface area contributed by atoms with Crippen molar-refractivity contribution in [1.29, 1.82) is 0 Å². The van der Waals surface area contributed by atoms with Crippen molar-refractivity contribution in [3.05, 3.63) is 0 Å². The van der Waals surface area contributed by atoms with Gasteiger partial charge in [0.2, 0.25) is 0 Å². The van der Waals surface area contributed by atoms with Gasteiger partial charge in [-0.15, -0.1) is 11.8 Å². The second kappa shape index (κ2) is 10.2. The Balaban J connectivity index is 1.98. The highest BCUT2D eigenvalue weighted by molar-refractivity contribution is 5.00. The van der Waals surface area contributed by atoms with Gasteiger partial charge in [0.1, 0.15) is 0 Å². The predicted molar refractivity (Wildman–Crippen MR) is 88.7 cm³/mol. The maximum Gasteiger partial charge on any atom is 0.0146 e. The fraction of sp³-hybridized carbons (Fsp3) is 0.889. The summed E-state index contributed by atoms with van der Waals surface area (Å²) in [5.41, 5.74) is 0. The predicted octanol–water partition coefficient (Wildman–Crippen LogP) is 3.57. The highest BCUT2D eigenvalue weighted by Gasteiger charge is 2.20. The first-order valence-corrected chi connectivity index (χ1v) is 8.53. The van der Waals surface area contributed by atoms with Crippen molar-refractivity contribution in [3.8, 4) is 11.8 Å². The Morgan fingerprint density at radius 3 is 2.35 bits per heavy atom. The van der Waals surface area contributed by atoms with E-state index in [2.05, 4.69) is 50.2 Å². The minimum absolute atomic E-state index is 0.512. The summed E-state index contributed by atoms with van der Waals surface area (Å²) in [4.78, 5) is 0. The fourth-order valence-corrected chi connectivity index (χ4v) is 2.89. The first-order valence-electron chi connectivity index (χ1n) is 8.53. The van der Waals surface area contributed by atoms with Crippen LogP contribution in [-0.2, 0) is 0 Å². The lowest BCUT2D eigenvalue weighted by atomic mass is 9.85. The lowest BCUT2D eigenvalue weighted by Gasteiger charge is -2.30. The SMILES string of the molecule is CC(C)C#CCCCNCC1CCC(NC(C)C)CC1. The zero-order valence-electron chi connectivity index (χ0n) is 14.0. The standard InChI is InChI=1S/C18H34N2/c1-15(2)8-6-5-7-13-19-14-17-9-11-18(12-10-17)20-16(3)4/h15-20H,5,7,9-14H2,1-4H3. The zero-order valence-corrected chi connectivity index (χ0v) is 14.0. The highest BCUT2D eigenvalue weighted by Crippen LogP contribution is 2.23. The van der Waals surface area contributed by atoms with E-state index in [0.717, 1.165) is 24.9 Å². The maximum atomic E-state index is 3.67. The molecule has 0 atom stereocenters. The molecule has 2 nitrogen and oxygen atoms in total. The van der Waals surface area contributed by atoms with Gasteiger partial charge in [-0.1, -0.05) is 27.7 Å². The first-order chi connectivity index (χ1) is 9.58. The minimum Gasteiger partial charge on any atom is -0.316 e. The van der Waals surface area contributed by atoms with Crippen LogP contribution in [-0.4, -0.2) is 25.2 Å². The zero-order chi connectivity index (χ0) is 14.8. The number of nitrogens with one attached hydrogen (secondary N) is 2. The molecule has 0 aromatic rings. The molecule has 0 bridgehead atoms. The van der Waals surface area contributed by atoms with Gasteiger partial charge in [-0.05, 0) is 51.1 Å². The molecule has 2 N–H and O–H groups in total. The molecule has 1 fully saturated rings. The summed E-state index contributed by atoms with van der Waals surface area (Å²) in [6.45, 7) is 11.1. The fourth-order valence-electron chi connectivity index (χ4n) is 2.89. The van der Waals surface area contributed by atoms with E-state index in [9.17, 15) is 0 Å². The summed E-state index contributed by atoms with van der Waals surface area (Å²) in [6.07, 6.45) is 7.68. The average molecular weight is 278 g/mol. The van der Waals surface area contributed by atoms with Crippen molar-refractivity contribution in [2.24, 2.45) is 11.8 Å². The summed E-state index contributed by atoms with van der Waals surface area (Å²) in [5, 5.41) is 7.28. The number of rotatable bonds is 7. The van der Waals surface area contributed by atoms with Crippen LogP contribution in [0.5, 0.6) is 0 Å². The third-order valence-electron chi connectivity index (χ3n) is 3.89. The van der Waals surface area contributed by atoms with Gasteiger partial charge in [0.25, 0.3) is 0 Å². The monoisotopic (exact) mass is 278 g/mol. The molecule has 20 heavy (non-hydrogen) atoms.